The molecule has 0 aliphatic rings. The number of carbonyl (C=O) groups is 2. The van der Waals surface area contributed by atoms with Crippen LogP contribution in [0.2, 0.25) is 0 Å². The van der Waals surface area contributed by atoms with Gasteiger partial charge in [0.05, 0.1) is 6.54 Å². The summed E-state index contributed by atoms with van der Waals surface area (Å²) in [6, 6.07) is 2.70. The van der Waals surface area contributed by atoms with Crippen LogP contribution in [0.15, 0.2) is 29.9 Å². The van der Waals surface area contributed by atoms with Crippen molar-refractivity contribution in [1.29, 1.82) is 0 Å². The topological polar surface area (TPSA) is 92.2 Å². The van der Waals surface area contributed by atoms with Crippen molar-refractivity contribution in [3.05, 3.63) is 46.2 Å². The van der Waals surface area contributed by atoms with Gasteiger partial charge in [-0.3, -0.25) is 4.79 Å². The smallest absolute Gasteiger partial charge is 0.354 e. The van der Waals surface area contributed by atoms with Crippen molar-refractivity contribution >= 4 is 23.2 Å². The first-order valence-corrected chi connectivity index (χ1v) is 5.90. The van der Waals surface area contributed by atoms with E-state index < -0.39 is 5.97 Å². The van der Waals surface area contributed by atoms with E-state index in [4.69, 9.17) is 5.11 Å². The van der Waals surface area contributed by atoms with Crippen molar-refractivity contribution in [2.24, 2.45) is 0 Å². The number of nitrogens with one attached hydrogen (secondary N) is 1. The number of nitrogens with zero attached hydrogens (tertiary/aromatic N) is 2. The summed E-state index contributed by atoms with van der Waals surface area (Å²) in [5.41, 5.74) is 0.107. The standard InChI is InChI=1S/C11H9N3O3S/c15-10(14-6-9-13-3-4-18-9)7-1-2-12-8(5-7)11(16)17/h1-5H,6H2,(H,14,15)(H,16,17). The van der Waals surface area contributed by atoms with Crippen molar-refractivity contribution in [1.82, 2.24) is 15.3 Å². The Labute approximate surface area is 106 Å². The number of thiazole rings is 1. The van der Waals surface area contributed by atoms with E-state index in [-0.39, 0.29) is 17.2 Å². The van der Waals surface area contributed by atoms with E-state index >= 15 is 0 Å². The number of carboxylic acids is 1. The molecular formula is C11H9N3O3S. The number of pyridine rings is 1. The Morgan fingerprint density at radius 1 is 1.33 bits per heavy atom. The fourth-order valence-corrected chi connectivity index (χ4v) is 1.84. The summed E-state index contributed by atoms with van der Waals surface area (Å²) in [6.45, 7) is 0.321. The molecule has 0 saturated heterocycles. The van der Waals surface area contributed by atoms with Crippen molar-refractivity contribution in [3.63, 3.8) is 0 Å². The van der Waals surface area contributed by atoms with Crippen LogP contribution in [0.25, 0.3) is 0 Å². The molecule has 0 fully saturated rings. The Morgan fingerprint density at radius 2 is 2.17 bits per heavy atom. The van der Waals surface area contributed by atoms with Crippen molar-refractivity contribution in [3.8, 4) is 0 Å². The lowest BCUT2D eigenvalue weighted by molar-refractivity contribution is 0.0690. The number of carbonyl (C=O) groups excluding carboxylic acids is 1. The number of hydrogen-bond acceptors (Lipinski definition) is 5. The average Bonchev–Trinajstić information content (AvgIpc) is 2.89. The number of aromatic nitrogens is 2. The Balaban J connectivity index is 2.04. The first-order chi connectivity index (χ1) is 8.66. The van der Waals surface area contributed by atoms with Crippen LogP contribution in [0, 0.1) is 0 Å². The summed E-state index contributed by atoms with van der Waals surface area (Å²) in [7, 11) is 0. The maximum Gasteiger partial charge on any atom is 0.354 e. The quantitative estimate of drug-likeness (QED) is 0.863. The molecule has 18 heavy (non-hydrogen) atoms. The van der Waals surface area contributed by atoms with Crippen LogP contribution in [0.3, 0.4) is 0 Å². The molecule has 0 aromatic carbocycles. The summed E-state index contributed by atoms with van der Waals surface area (Å²) < 4.78 is 0. The molecular weight excluding hydrogens is 254 g/mol. The van der Waals surface area contributed by atoms with E-state index in [1.165, 1.54) is 29.7 Å². The number of aromatic carboxylic acids is 1. The molecule has 2 aromatic rings. The van der Waals surface area contributed by atoms with Gasteiger partial charge in [0.1, 0.15) is 10.7 Å². The molecule has 0 saturated carbocycles. The van der Waals surface area contributed by atoms with Crippen LogP contribution in [0.4, 0.5) is 0 Å². The van der Waals surface area contributed by atoms with Gasteiger partial charge in [0.2, 0.25) is 0 Å². The molecule has 2 rings (SSSR count). The van der Waals surface area contributed by atoms with Gasteiger partial charge in [-0.2, -0.15) is 0 Å². The molecule has 0 aliphatic carbocycles. The van der Waals surface area contributed by atoms with E-state index in [1.807, 2.05) is 5.38 Å². The third-order valence-corrected chi connectivity index (χ3v) is 2.90. The Bertz CT molecular complexity index is 569. The van der Waals surface area contributed by atoms with Gasteiger partial charge in [0, 0.05) is 23.3 Å². The molecule has 2 heterocycles. The van der Waals surface area contributed by atoms with Gasteiger partial charge in [-0.15, -0.1) is 11.3 Å². The molecule has 0 spiro atoms. The Morgan fingerprint density at radius 3 is 2.83 bits per heavy atom. The fourth-order valence-electron chi connectivity index (χ4n) is 1.29. The zero-order valence-electron chi connectivity index (χ0n) is 9.16. The minimum Gasteiger partial charge on any atom is -0.477 e. The Hall–Kier alpha value is -2.28. The van der Waals surface area contributed by atoms with E-state index in [1.54, 1.807) is 6.20 Å². The number of rotatable bonds is 4. The van der Waals surface area contributed by atoms with Crippen molar-refractivity contribution in [2.45, 2.75) is 6.54 Å². The van der Waals surface area contributed by atoms with Crippen LogP contribution in [0.1, 0.15) is 25.9 Å². The molecule has 2 N–H and O–H groups in total. The third kappa shape index (κ3) is 2.89. The summed E-state index contributed by atoms with van der Waals surface area (Å²) in [5.74, 6) is -1.51. The first kappa shape index (κ1) is 12.2. The molecule has 7 heteroatoms. The van der Waals surface area contributed by atoms with Gasteiger partial charge < -0.3 is 10.4 Å². The molecule has 1 amide bonds. The van der Waals surface area contributed by atoms with E-state index in [0.717, 1.165) is 5.01 Å². The number of amides is 1. The normalized spacial score (nSPS) is 10.0. The summed E-state index contributed by atoms with van der Waals surface area (Å²) in [4.78, 5) is 30.1. The van der Waals surface area contributed by atoms with E-state index in [2.05, 4.69) is 15.3 Å². The first-order valence-electron chi connectivity index (χ1n) is 5.03. The minimum absolute atomic E-state index is 0.156. The van der Waals surface area contributed by atoms with Gasteiger partial charge in [0.15, 0.2) is 0 Å². The fraction of sp³-hybridized carbons (Fsp3) is 0.0909. The second-order valence-electron chi connectivity index (χ2n) is 3.34. The van der Waals surface area contributed by atoms with Gasteiger partial charge in [-0.1, -0.05) is 0 Å². The maximum absolute atomic E-state index is 11.8. The predicted octanol–water partition coefficient (Wildman–Crippen LogP) is 1.17. The lowest BCUT2D eigenvalue weighted by Crippen LogP contribution is -2.23. The van der Waals surface area contributed by atoms with Crippen molar-refractivity contribution in [2.75, 3.05) is 0 Å². The molecule has 0 aliphatic heterocycles. The van der Waals surface area contributed by atoms with Gasteiger partial charge in [-0.25, -0.2) is 14.8 Å². The highest BCUT2D eigenvalue weighted by atomic mass is 32.1. The lowest BCUT2D eigenvalue weighted by atomic mass is 10.2. The molecule has 92 valence electrons. The average molecular weight is 263 g/mol. The van der Waals surface area contributed by atoms with Crippen LogP contribution in [-0.4, -0.2) is 27.0 Å². The van der Waals surface area contributed by atoms with Crippen LogP contribution in [-0.2, 0) is 6.54 Å². The lowest BCUT2D eigenvalue weighted by Gasteiger charge is -2.03. The van der Waals surface area contributed by atoms with Gasteiger partial charge >= 0.3 is 5.97 Å². The minimum atomic E-state index is -1.16. The molecule has 0 bridgehead atoms. The van der Waals surface area contributed by atoms with Crippen LogP contribution >= 0.6 is 11.3 Å². The highest BCUT2D eigenvalue weighted by molar-refractivity contribution is 7.09. The van der Waals surface area contributed by atoms with E-state index in [9.17, 15) is 9.59 Å². The predicted molar refractivity (Wildman–Crippen MR) is 64.5 cm³/mol. The summed E-state index contributed by atoms with van der Waals surface area (Å²) >= 11 is 1.44. The second kappa shape index (κ2) is 5.37. The SMILES string of the molecule is O=C(NCc1nccs1)c1ccnc(C(=O)O)c1. The highest BCUT2D eigenvalue weighted by Gasteiger charge is 2.10. The molecule has 2 aromatic heterocycles. The van der Waals surface area contributed by atoms with Crippen LogP contribution in [0.5, 0.6) is 0 Å². The zero-order valence-corrected chi connectivity index (χ0v) is 9.98. The second-order valence-corrected chi connectivity index (χ2v) is 4.32. The largest absolute Gasteiger partial charge is 0.477 e. The highest BCUT2D eigenvalue weighted by Crippen LogP contribution is 2.05. The Kier molecular flexibility index (Phi) is 3.63. The third-order valence-electron chi connectivity index (χ3n) is 2.12. The molecule has 0 atom stereocenters. The zero-order chi connectivity index (χ0) is 13.0. The number of carboxylic acid groups (broad SMARTS) is 1. The van der Waals surface area contributed by atoms with Crippen molar-refractivity contribution < 1.29 is 14.7 Å². The monoisotopic (exact) mass is 263 g/mol. The summed E-state index contributed by atoms with van der Waals surface area (Å²) in [6.07, 6.45) is 2.95. The molecule has 6 nitrogen and oxygen atoms in total. The molecule has 0 radical (unpaired) electrons. The van der Waals surface area contributed by atoms with Crippen LogP contribution < -0.4 is 5.32 Å². The maximum atomic E-state index is 11.8. The summed E-state index contributed by atoms with van der Waals surface area (Å²) in [5, 5.41) is 14.0. The van der Waals surface area contributed by atoms with Gasteiger partial charge in [0.25, 0.3) is 5.91 Å². The van der Waals surface area contributed by atoms with Gasteiger partial charge in [-0.05, 0) is 12.1 Å². The van der Waals surface area contributed by atoms with E-state index in [0.29, 0.717) is 6.54 Å². The number of hydrogen-bond donors (Lipinski definition) is 2. The molecule has 0 unspecified atom stereocenters.